The minimum atomic E-state index is 0.758. The molecule has 0 aromatic heterocycles. The van der Waals surface area contributed by atoms with Crippen LogP contribution in [0.3, 0.4) is 0 Å². The fraction of sp³-hybridized carbons (Fsp3) is 0.667. The van der Waals surface area contributed by atoms with Gasteiger partial charge in [-0.1, -0.05) is 38.2 Å². The van der Waals surface area contributed by atoms with E-state index in [1.165, 1.54) is 49.7 Å². The van der Waals surface area contributed by atoms with E-state index >= 15 is 0 Å². The van der Waals surface area contributed by atoms with Gasteiger partial charge in [0, 0.05) is 6.54 Å². The molecular formula is C18H29NO. The summed E-state index contributed by atoms with van der Waals surface area (Å²) < 4.78 is 5.80. The Morgan fingerprint density at radius 2 is 1.70 bits per heavy atom. The van der Waals surface area contributed by atoms with Crippen molar-refractivity contribution >= 4 is 0 Å². The van der Waals surface area contributed by atoms with Crippen LogP contribution in [0.5, 0.6) is 5.75 Å². The van der Waals surface area contributed by atoms with Crippen LogP contribution in [-0.2, 0) is 0 Å². The standard InChI is InChI=1S/C18H29NO/c1-15-12-16(2)14-18(13-15)20-11-10-19-9-8-17-6-4-3-5-7-17/h12-14,17,19H,3-11H2,1-2H3. The summed E-state index contributed by atoms with van der Waals surface area (Å²) in [4.78, 5) is 0. The number of hydrogen-bond acceptors (Lipinski definition) is 2. The molecule has 0 saturated heterocycles. The van der Waals surface area contributed by atoms with E-state index < -0.39 is 0 Å². The van der Waals surface area contributed by atoms with E-state index in [-0.39, 0.29) is 0 Å². The Bertz CT molecular complexity index is 376. The molecule has 1 fully saturated rings. The SMILES string of the molecule is Cc1cc(C)cc(OCCNCCC2CCCCC2)c1. The zero-order chi connectivity index (χ0) is 14.2. The van der Waals surface area contributed by atoms with Gasteiger partial charge in [-0.25, -0.2) is 0 Å². The molecular weight excluding hydrogens is 246 g/mol. The lowest BCUT2D eigenvalue weighted by atomic mass is 9.87. The molecule has 2 heteroatoms. The Kier molecular flexibility index (Phi) is 6.38. The van der Waals surface area contributed by atoms with Gasteiger partial charge in [0.25, 0.3) is 0 Å². The molecule has 112 valence electrons. The predicted octanol–water partition coefficient (Wildman–Crippen LogP) is 4.24. The Morgan fingerprint density at radius 1 is 1.00 bits per heavy atom. The molecule has 1 N–H and O–H groups in total. The van der Waals surface area contributed by atoms with Gasteiger partial charge in [-0.15, -0.1) is 0 Å². The molecule has 1 aromatic carbocycles. The Hall–Kier alpha value is -1.02. The highest BCUT2D eigenvalue weighted by atomic mass is 16.5. The van der Waals surface area contributed by atoms with Gasteiger partial charge in [0.1, 0.15) is 12.4 Å². The number of nitrogens with one attached hydrogen (secondary N) is 1. The molecule has 1 aliphatic carbocycles. The largest absolute Gasteiger partial charge is 0.492 e. The summed E-state index contributed by atoms with van der Waals surface area (Å²) in [5, 5.41) is 3.51. The van der Waals surface area contributed by atoms with Gasteiger partial charge < -0.3 is 10.1 Å². The second kappa shape index (κ2) is 8.31. The van der Waals surface area contributed by atoms with Crippen LogP contribution in [0.2, 0.25) is 0 Å². The van der Waals surface area contributed by atoms with Crippen molar-refractivity contribution in [3.63, 3.8) is 0 Å². The van der Waals surface area contributed by atoms with E-state index in [0.29, 0.717) is 0 Å². The fourth-order valence-corrected chi connectivity index (χ4v) is 3.16. The summed E-state index contributed by atoms with van der Waals surface area (Å²) in [6.45, 7) is 7.07. The normalized spacial score (nSPS) is 16.3. The van der Waals surface area contributed by atoms with Crippen LogP contribution in [0.25, 0.3) is 0 Å². The van der Waals surface area contributed by atoms with Crippen molar-refractivity contribution in [3.8, 4) is 5.75 Å². The van der Waals surface area contributed by atoms with Crippen LogP contribution < -0.4 is 10.1 Å². The maximum absolute atomic E-state index is 5.80. The number of aryl methyl sites for hydroxylation is 2. The Morgan fingerprint density at radius 3 is 2.40 bits per heavy atom. The fourth-order valence-electron chi connectivity index (χ4n) is 3.16. The molecule has 0 heterocycles. The minimum Gasteiger partial charge on any atom is -0.492 e. The number of ether oxygens (including phenoxy) is 1. The van der Waals surface area contributed by atoms with E-state index in [1.54, 1.807) is 0 Å². The molecule has 2 rings (SSSR count). The van der Waals surface area contributed by atoms with Crippen LogP contribution in [0, 0.1) is 19.8 Å². The molecule has 2 nitrogen and oxygen atoms in total. The van der Waals surface area contributed by atoms with Gasteiger partial charge >= 0.3 is 0 Å². The monoisotopic (exact) mass is 275 g/mol. The van der Waals surface area contributed by atoms with E-state index in [0.717, 1.165) is 31.4 Å². The van der Waals surface area contributed by atoms with Crippen LogP contribution in [0.4, 0.5) is 0 Å². The Balaban J connectivity index is 1.54. The number of benzene rings is 1. The third kappa shape index (κ3) is 5.54. The molecule has 0 bridgehead atoms. The van der Waals surface area contributed by atoms with Crippen molar-refractivity contribution in [1.82, 2.24) is 5.32 Å². The van der Waals surface area contributed by atoms with Crippen molar-refractivity contribution < 1.29 is 4.74 Å². The first-order valence-electron chi connectivity index (χ1n) is 8.16. The molecule has 1 aliphatic rings. The molecule has 20 heavy (non-hydrogen) atoms. The summed E-state index contributed by atoms with van der Waals surface area (Å²) in [6, 6.07) is 6.39. The summed E-state index contributed by atoms with van der Waals surface area (Å²) in [7, 11) is 0. The van der Waals surface area contributed by atoms with Crippen molar-refractivity contribution in [2.75, 3.05) is 19.7 Å². The Labute approximate surface area is 123 Å². The van der Waals surface area contributed by atoms with Gasteiger partial charge in [-0.05, 0) is 56.0 Å². The number of hydrogen-bond donors (Lipinski definition) is 1. The number of rotatable bonds is 7. The van der Waals surface area contributed by atoms with Crippen molar-refractivity contribution in [2.24, 2.45) is 5.92 Å². The molecule has 1 aromatic rings. The van der Waals surface area contributed by atoms with Gasteiger partial charge in [0.05, 0.1) is 0 Å². The van der Waals surface area contributed by atoms with Crippen molar-refractivity contribution in [1.29, 1.82) is 0 Å². The molecule has 0 radical (unpaired) electrons. The quantitative estimate of drug-likeness (QED) is 0.751. The summed E-state index contributed by atoms with van der Waals surface area (Å²) in [5.41, 5.74) is 2.54. The zero-order valence-electron chi connectivity index (χ0n) is 13.1. The van der Waals surface area contributed by atoms with Gasteiger partial charge in [0.15, 0.2) is 0 Å². The molecule has 0 amide bonds. The van der Waals surface area contributed by atoms with E-state index in [4.69, 9.17) is 4.74 Å². The summed E-state index contributed by atoms with van der Waals surface area (Å²) >= 11 is 0. The molecule has 1 saturated carbocycles. The summed E-state index contributed by atoms with van der Waals surface area (Å²) in [6.07, 6.45) is 8.57. The topological polar surface area (TPSA) is 21.3 Å². The average molecular weight is 275 g/mol. The van der Waals surface area contributed by atoms with Crippen LogP contribution in [0.1, 0.15) is 49.7 Å². The first-order valence-corrected chi connectivity index (χ1v) is 8.16. The first-order chi connectivity index (χ1) is 9.74. The lowest BCUT2D eigenvalue weighted by Crippen LogP contribution is -2.24. The lowest BCUT2D eigenvalue weighted by Gasteiger charge is -2.21. The molecule has 0 aliphatic heterocycles. The third-order valence-corrected chi connectivity index (χ3v) is 4.20. The summed E-state index contributed by atoms with van der Waals surface area (Å²) in [5.74, 6) is 1.97. The highest BCUT2D eigenvalue weighted by Gasteiger charge is 2.12. The predicted molar refractivity (Wildman–Crippen MR) is 85.5 cm³/mol. The van der Waals surface area contributed by atoms with E-state index in [1.807, 2.05) is 0 Å². The second-order valence-electron chi connectivity index (χ2n) is 6.21. The molecule has 0 spiro atoms. The maximum atomic E-state index is 5.80. The average Bonchev–Trinajstić information content (AvgIpc) is 2.43. The van der Waals surface area contributed by atoms with Crippen LogP contribution in [-0.4, -0.2) is 19.7 Å². The van der Waals surface area contributed by atoms with E-state index in [2.05, 4.69) is 37.4 Å². The zero-order valence-corrected chi connectivity index (χ0v) is 13.1. The van der Waals surface area contributed by atoms with E-state index in [9.17, 15) is 0 Å². The van der Waals surface area contributed by atoms with Crippen molar-refractivity contribution in [3.05, 3.63) is 29.3 Å². The molecule has 0 unspecified atom stereocenters. The highest BCUT2D eigenvalue weighted by molar-refractivity contribution is 5.32. The maximum Gasteiger partial charge on any atom is 0.119 e. The minimum absolute atomic E-state index is 0.758. The molecule has 0 atom stereocenters. The van der Waals surface area contributed by atoms with Crippen LogP contribution >= 0.6 is 0 Å². The van der Waals surface area contributed by atoms with Gasteiger partial charge in [-0.2, -0.15) is 0 Å². The second-order valence-corrected chi connectivity index (χ2v) is 6.21. The highest BCUT2D eigenvalue weighted by Crippen LogP contribution is 2.25. The smallest absolute Gasteiger partial charge is 0.119 e. The first kappa shape index (κ1) is 15.4. The lowest BCUT2D eigenvalue weighted by molar-refractivity contribution is 0.301. The van der Waals surface area contributed by atoms with Crippen LogP contribution in [0.15, 0.2) is 18.2 Å². The van der Waals surface area contributed by atoms with Gasteiger partial charge in [0.2, 0.25) is 0 Å². The van der Waals surface area contributed by atoms with Crippen molar-refractivity contribution in [2.45, 2.75) is 52.4 Å². The third-order valence-electron chi connectivity index (χ3n) is 4.20. The van der Waals surface area contributed by atoms with Gasteiger partial charge in [-0.3, -0.25) is 0 Å².